The normalized spacial score (nSPS) is 34.1. The summed E-state index contributed by atoms with van der Waals surface area (Å²) in [6.45, 7) is 11.1. The molecular formula is C12H15F3O3S. The fourth-order valence-corrected chi connectivity index (χ4v) is 3.98. The first-order chi connectivity index (χ1) is 8.36. The van der Waals surface area contributed by atoms with E-state index < -0.39 is 26.6 Å². The van der Waals surface area contributed by atoms with Gasteiger partial charge >= 0.3 is 15.6 Å². The zero-order valence-corrected chi connectivity index (χ0v) is 11.5. The Hall–Kier alpha value is -0.820. The van der Waals surface area contributed by atoms with Crippen LogP contribution in [0.3, 0.4) is 0 Å². The minimum atomic E-state index is -5.66. The van der Waals surface area contributed by atoms with Crippen LogP contribution < -0.4 is 0 Å². The third kappa shape index (κ3) is 1.71. The second-order valence-electron chi connectivity index (χ2n) is 5.63. The third-order valence-corrected chi connectivity index (χ3v) is 5.47. The minimum Gasteiger partial charge on any atom is -0.247 e. The minimum absolute atomic E-state index is 0.0940. The molecule has 19 heavy (non-hydrogen) atoms. The fraction of sp³-hybridized carbons (Fsp3) is 0.667. The molecule has 0 unspecified atom stereocenters. The molecule has 2 atom stereocenters. The summed E-state index contributed by atoms with van der Waals surface area (Å²) in [7, 11) is -5.66. The molecule has 0 N–H and O–H groups in total. The molecule has 2 aliphatic carbocycles. The molecule has 2 bridgehead atoms. The predicted molar refractivity (Wildman–Crippen MR) is 63.6 cm³/mol. The van der Waals surface area contributed by atoms with Gasteiger partial charge in [0.15, 0.2) is 0 Å². The summed E-state index contributed by atoms with van der Waals surface area (Å²) in [6, 6.07) is 0. The molecule has 0 spiro atoms. The van der Waals surface area contributed by atoms with Gasteiger partial charge in [-0.2, -0.15) is 21.6 Å². The number of fused-ring (bicyclic) bond motifs is 2. The Morgan fingerprint density at radius 3 is 2.21 bits per heavy atom. The Morgan fingerprint density at radius 2 is 1.84 bits per heavy atom. The second-order valence-corrected chi connectivity index (χ2v) is 7.16. The van der Waals surface area contributed by atoms with E-state index in [1.807, 2.05) is 13.8 Å². The maximum absolute atomic E-state index is 12.5. The standard InChI is InChI=1S/C12H15F3O3S/c1-7-9-5-6-11(7,8(2)10(9,3)4)18-19(16,17)12(13,14)15/h9H,1-2,5-6H2,3-4H3/t9-,11-/m1/s1. The summed E-state index contributed by atoms with van der Waals surface area (Å²) in [5.74, 6) is -0.0940. The zero-order chi connectivity index (χ0) is 14.9. The molecular weight excluding hydrogens is 281 g/mol. The predicted octanol–water partition coefficient (Wildman–Crippen LogP) is 3.15. The molecule has 0 aromatic heterocycles. The van der Waals surface area contributed by atoms with E-state index in [1.165, 1.54) is 0 Å². The summed E-state index contributed by atoms with van der Waals surface area (Å²) in [4.78, 5) is 0. The first-order valence-electron chi connectivity index (χ1n) is 5.77. The molecule has 0 heterocycles. The quantitative estimate of drug-likeness (QED) is 0.446. The van der Waals surface area contributed by atoms with Crippen LogP contribution in [0.25, 0.3) is 0 Å². The Kier molecular flexibility index (Phi) is 2.79. The Morgan fingerprint density at radius 1 is 1.32 bits per heavy atom. The van der Waals surface area contributed by atoms with Crippen molar-refractivity contribution in [1.29, 1.82) is 0 Å². The lowest BCUT2D eigenvalue weighted by molar-refractivity contribution is -0.0601. The highest BCUT2D eigenvalue weighted by molar-refractivity contribution is 7.87. The average molecular weight is 296 g/mol. The van der Waals surface area contributed by atoms with Crippen molar-refractivity contribution in [3.8, 4) is 0 Å². The Labute approximate surface area is 110 Å². The number of halogens is 3. The van der Waals surface area contributed by atoms with Gasteiger partial charge in [0.05, 0.1) is 0 Å². The van der Waals surface area contributed by atoms with Crippen LogP contribution in [0.15, 0.2) is 24.3 Å². The van der Waals surface area contributed by atoms with E-state index in [-0.39, 0.29) is 12.3 Å². The largest absolute Gasteiger partial charge is 0.523 e. The maximum atomic E-state index is 12.5. The van der Waals surface area contributed by atoms with Crippen molar-refractivity contribution in [2.24, 2.45) is 11.3 Å². The summed E-state index contributed by atoms with van der Waals surface area (Å²) in [5, 5.41) is 0. The lowest BCUT2D eigenvalue weighted by Crippen LogP contribution is -2.40. The van der Waals surface area contributed by atoms with Gasteiger partial charge in [0.1, 0.15) is 5.60 Å². The summed E-state index contributed by atoms with van der Waals surface area (Å²) < 4.78 is 64.5. The third-order valence-electron chi connectivity index (χ3n) is 4.40. The molecule has 3 nitrogen and oxygen atoms in total. The van der Waals surface area contributed by atoms with Crippen molar-refractivity contribution < 1.29 is 25.8 Å². The number of alkyl halides is 3. The first-order valence-corrected chi connectivity index (χ1v) is 7.18. The summed E-state index contributed by atoms with van der Waals surface area (Å²) >= 11 is 0. The second kappa shape index (κ2) is 3.63. The van der Waals surface area contributed by atoms with Gasteiger partial charge in [0.25, 0.3) is 0 Å². The Bertz CT molecular complexity index is 559. The van der Waals surface area contributed by atoms with Crippen molar-refractivity contribution in [1.82, 2.24) is 0 Å². The maximum Gasteiger partial charge on any atom is 0.523 e. The van der Waals surface area contributed by atoms with Gasteiger partial charge in [-0.15, -0.1) is 0 Å². The van der Waals surface area contributed by atoms with E-state index in [0.717, 1.165) is 0 Å². The van der Waals surface area contributed by atoms with Crippen molar-refractivity contribution in [3.63, 3.8) is 0 Å². The molecule has 7 heteroatoms. The van der Waals surface area contributed by atoms with Crippen molar-refractivity contribution in [3.05, 3.63) is 24.3 Å². The lowest BCUT2D eigenvalue weighted by atomic mass is 9.72. The van der Waals surface area contributed by atoms with Gasteiger partial charge < -0.3 is 0 Å². The highest BCUT2D eigenvalue weighted by atomic mass is 32.2. The highest BCUT2D eigenvalue weighted by Crippen LogP contribution is 2.65. The molecule has 2 fully saturated rings. The molecule has 0 saturated heterocycles. The van der Waals surface area contributed by atoms with Crippen LogP contribution in [0.5, 0.6) is 0 Å². The Balaban J connectivity index is 2.46. The van der Waals surface area contributed by atoms with E-state index in [0.29, 0.717) is 17.6 Å². The summed E-state index contributed by atoms with van der Waals surface area (Å²) in [6.07, 6.45) is 0.728. The van der Waals surface area contributed by atoms with Gasteiger partial charge in [0.2, 0.25) is 0 Å². The van der Waals surface area contributed by atoms with E-state index in [1.54, 1.807) is 0 Å². The molecule has 2 rings (SSSR count). The van der Waals surface area contributed by atoms with Crippen molar-refractivity contribution in [2.75, 3.05) is 0 Å². The first kappa shape index (κ1) is 14.6. The zero-order valence-electron chi connectivity index (χ0n) is 10.7. The monoisotopic (exact) mass is 296 g/mol. The average Bonchev–Trinajstić information content (AvgIpc) is 2.58. The molecule has 0 radical (unpaired) electrons. The van der Waals surface area contributed by atoms with Crippen LogP contribution in [0.4, 0.5) is 13.2 Å². The topological polar surface area (TPSA) is 43.4 Å². The van der Waals surface area contributed by atoms with Crippen LogP contribution in [0.1, 0.15) is 26.7 Å². The summed E-state index contributed by atoms with van der Waals surface area (Å²) in [5.41, 5.74) is -6.80. The molecule has 108 valence electrons. The molecule has 2 aliphatic rings. The molecule has 0 aliphatic heterocycles. The van der Waals surface area contributed by atoms with E-state index in [9.17, 15) is 21.6 Å². The van der Waals surface area contributed by atoms with Crippen LogP contribution in [0, 0.1) is 11.3 Å². The molecule has 0 amide bonds. The van der Waals surface area contributed by atoms with E-state index in [4.69, 9.17) is 0 Å². The lowest BCUT2D eigenvalue weighted by Gasteiger charge is -2.36. The van der Waals surface area contributed by atoms with Crippen molar-refractivity contribution >= 4 is 10.1 Å². The van der Waals surface area contributed by atoms with Crippen molar-refractivity contribution in [2.45, 2.75) is 37.8 Å². The van der Waals surface area contributed by atoms with Gasteiger partial charge in [-0.25, -0.2) is 4.18 Å². The number of hydrogen-bond donors (Lipinski definition) is 0. The van der Waals surface area contributed by atoms with Gasteiger partial charge in [0, 0.05) is 0 Å². The van der Waals surface area contributed by atoms with Crippen LogP contribution in [-0.4, -0.2) is 19.5 Å². The van der Waals surface area contributed by atoms with Crippen LogP contribution in [0.2, 0.25) is 0 Å². The smallest absolute Gasteiger partial charge is 0.247 e. The van der Waals surface area contributed by atoms with Crippen LogP contribution >= 0.6 is 0 Å². The van der Waals surface area contributed by atoms with Gasteiger partial charge in [-0.3, -0.25) is 0 Å². The molecule has 2 saturated carbocycles. The highest BCUT2D eigenvalue weighted by Gasteiger charge is 2.65. The van der Waals surface area contributed by atoms with Crippen LogP contribution in [-0.2, 0) is 14.3 Å². The van der Waals surface area contributed by atoms with Gasteiger partial charge in [-0.1, -0.05) is 27.0 Å². The SMILES string of the molecule is C=C1[C@H]2CC[C@]1(OS(=O)(=O)C(F)(F)F)C(=C)C2(C)C. The molecule has 0 aromatic rings. The number of hydrogen-bond acceptors (Lipinski definition) is 3. The molecule has 0 aromatic carbocycles. The number of rotatable bonds is 2. The van der Waals surface area contributed by atoms with E-state index in [2.05, 4.69) is 17.3 Å². The fourth-order valence-electron chi connectivity index (χ4n) is 3.22. The van der Waals surface area contributed by atoms with Gasteiger partial charge in [-0.05, 0) is 35.3 Å². The van der Waals surface area contributed by atoms with E-state index >= 15 is 0 Å².